The Morgan fingerprint density at radius 3 is 2.07 bits per heavy atom. The van der Waals surface area contributed by atoms with Crippen molar-refractivity contribution in [1.82, 2.24) is 4.57 Å². The number of hydrogen-bond acceptors (Lipinski definition) is 2. The number of aromatic nitrogens is 1. The largest absolute Gasteiger partial charge is 0.456 e. The number of furan rings is 2. The van der Waals surface area contributed by atoms with E-state index in [9.17, 15) is 0 Å². The molecule has 0 fully saturated rings. The van der Waals surface area contributed by atoms with Crippen LogP contribution in [-0.4, -0.2) is 4.57 Å². The summed E-state index contributed by atoms with van der Waals surface area (Å²) in [4.78, 5) is 0. The van der Waals surface area contributed by atoms with Gasteiger partial charge in [0, 0.05) is 49.5 Å². The first-order valence-electron chi connectivity index (χ1n) is 20.7. The maximum Gasteiger partial charge on any atom is 0.136 e. The van der Waals surface area contributed by atoms with Crippen LogP contribution >= 0.6 is 0 Å². The summed E-state index contributed by atoms with van der Waals surface area (Å²) in [6.07, 6.45) is 8.06. The Morgan fingerprint density at radius 1 is 0.475 bits per heavy atom. The van der Waals surface area contributed by atoms with E-state index in [0.717, 1.165) is 74.4 Å². The molecule has 0 aliphatic heterocycles. The fourth-order valence-corrected chi connectivity index (χ4v) is 9.74. The zero-order chi connectivity index (χ0) is 38.9. The molecule has 12 rings (SSSR count). The zero-order valence-corrected chi connectivity index (χ0v) is 32.4. The average molecular weight is 758 g/mol. The summed E-state index contributed by atoms with van der Waals surface area (Å²) in [5.74, 6) is 0.206. The van der Waals surface area contributed by atoms with Crippen molar-refractivity contribution < 1.29 is 8.83 Å². The lowest BCUT2D eigenvalue weighted by molar-refractivity contribution is 0.662. The molecule has 0 saturated heterocycles. The van der Waals surface area contributed by atoms with E-state index < -0.39 is 0 Å². The van der Waals surface area contributed by atoms with E-state index in [1.54, 1.807) is 0 Å². The first-order valence-corrected chi connectivity index (χ1v) is 20.7. The van der Waals surface area contributed by atoms with Gasteiger partial charge in [-0.25, -0.2) is 0 Å². The molecule has 3 heteroatoms. The molecule has 0 N–H and O–H groups in total. The molecule has 3 nitrogen and oxygen atoms in total. The van der Waals surface area contributed by atoms with Gasteiger partial charge in [-0.05, 0) is 101 Å². The van der Waals surface area contributed by atoms with Crippen molar-refractivity contribution in [2.24, 2.45) is 0 Å². The van der Waals surface area contributed by atoms with E-state index >= 15 is 0 Å². The van der Waals surface area contributed by atoms with Crippen LogP contribution in [0.4, 0.5) is 0 Å². The highest BCUT2D eigenvalue weighted by Crippen LogP contribution is 2.44. The molecule has 0 amide bonds. The van der Waals surface area contributed by atoms with Crippen LogP contribution in [-0.2, 0) is 0 Å². The molecule has 1 aliphatic rings. The van der Waals surface area contributed by atoms with Crippen LogP contribution in [0.5, 0.6) is 0 Å². The van der Waals surface area contributed by atoms with Gasteiger partial charge in [0.05, 0.1) is 11.0 Å². The number of allylic oxidation sites excluding steroid dienone is 4. The highest BCUT2D eigenvalue weighted by molar-refractivity contribution is 6.16. The summed E-state index contributed by atoms with van der Waals surface area (Å²) < 4.78 is 15.5. The molecule has 1 atom stereocenters. The van der Waals surface area contributed by atoms with Crippen molar-refractivity contribution >= 4 is 76.8 Å². The van der Waals surface area contributed by atoms with Crippen LogP contribution < -0.4 is 0 Å². The van der Waals surface area contributed by atoms with Gasteiger partial charge in [0.25, 0.3) is 0 Å². The summed E-state index contributed by atoms with van der Waals surface area (Å²) in [6.45, 7) is 0. The third-order valence-corrected chi connectivity index (χ3v) is 12.5. The highest BCUT2D eigenvalue weighted by Gasteiger charge is 2.22. The number of para-hydroxylation sites is 4. The molecule has 0 saturated carbocycles. The van der Waals surface area contributed by atoms with Crippen molar-refractivity contribution in [3.8, 4) is 16.8 Å². The molecule has 1 unspecified atom stereocenters. The first-order chi connectivity index (χ1) is 29.2. The van der Waals surface area contributed by atoms with Crippen LogP contribution in [0.25, 0.3) is 93.6 Å². The van der Waals surface area contributed by atoms with E-state index in [0.29, 0.717) is 0 Å². The maximum atomic E-state index is 6.69. The molecule has 3 aromatic heterocycles. The Bertz CT molecular complexity index is 3470. The Morgan fingerprint density at radius 2 is 1.17 bits per heavy atom. The predicted octanol–water partition coefficient (Wildman–Crippen LogP) is 15.7. The summed E-state index contributed by atoms with van der Waals surface area (Å²) in [6, 6.07) is 65.5. The van der Waals surface area contributed by atoms with Gasteiger partial charge in [0.1, 0.15) is 22.3 Å². The molecule has 1 aliphatic carbocycles. The van der Waals surface area contributed by atoms with Crippen LogP contribution in [0.2, 0.25) is 0 Å². The van der Waals surface area contributed by atoms with Crippen molar-refractivity contribution in [1.29, 1.82) is 0 Å². The van der Waals surface area contributed by atoms with Crippen LogP contribution in [0.15, 0.2) is 203 Å². The number of rotatable bonds is 5. The van der Waals surface area contributed by atoms with E-state index in [4.69, 9.17) is 8.83 Å². The van der Waals surface area contributed by atoms with Crippen molar-refractivity contribution in [3.63, 3.8) is 0 Å². The Balaban J connectivity index is 1.07. The molecule has 3 heterocycles. The molecule has 59 heavy (non-hydrogen) atoms. The average Bonchev–Trinajstić information content (AvgIpc) is 3.96. The maximum absolute atomic E-state index is 6.69. The summed E-state index contributed by atoms with van der Waals surface area (Å²) in [7, 11) is 0. The van der Waals surface area contributed by atoms with E-state index in [1.807, 2.05) is 6.07 Å². The smallest absolute Gasteiger partial charge is 0.136 e. The molecular weight excluding hydrogens is 719 g/mol. The Hall–Kier alpha value is -7.36. The van der Waals surface area contributed by atoms with E-state index in [1.165, 1.54) is 55.2 Å². The van der Waals surface area contributed by atoms with Gasteiger partial charge in [0.2, 0.25) is 0 Å². The quantitative estimate of drug-likeness (QED) is 0.175. The van der Waals surface area contributed by atoms with Gasteiger partial charge >= 0.3 is 0 Å². The van der Waals surface area contributed by atoms with Gasteiger partial charge in [-0.1, -0.05) is 146 Å². The summed E-state index contributed by atoms with van der Waals surface area (Å²) in [5.41, 5.74) is 15.8. The van der Waals surface area contributed by atoms with Crippen molar-refractivity contribution in [2.75, 3.05) is 0 Å². The molecule has 0 spiro atoms. The second kappa shape index (κ2) is 13.6. The fraction of sp³-hybridized carbons (Fsp3) is 0.0714. The van der Waals surface area contributed by atoms with Gasteiger partial charge in [-0.3, -0.25) is 0 Å². The molecular formula is C56H39NO2. The van der Waals surface area contributed by atoms with Gasteiger partial charge in [0.15, 0.2) is 0 Å². The van der Waals surface area contributed by atoms with E-state index in [-0.39, 0.29) is 5.92 Å². The lowest BCUT2D eigenvalue weighted by Gasteiger charge is -2.21. The van der Waals surface area contributed by atoms with Gasteiger partial charge in [-0.15, -0.1) is 0 Å². The number of nitrogens with zero attached hydrogens (tertiary/aromatic N) is 1. The molecule has 8 aromatic carbocycles. The second-order valence-corrected chi connectivity index (χ2v) is 15.9. The molecule has 11 aromatic rings. The lowest BCUT2D eigenvalue weighted by atomic mass is 9.83. The normalized spacial score (nSPS) is 14.9. The number of hydrogen-bond donors (Lipinski definition) is 0. The highest BCUT2D eigenvalue weighted by atomic mass is 16.3. The minimum atomic E-state index is 0.206. The summed E-state index contributed by atoms with van der Waals surface area (Å²) in [5, 5.41) is 7.07. The lowest BCUT2D eigenvalue weighted by Crippen LogP contribution is -2.01. The standard InChI is InChI=1S/C56H39NO2/c1-3-14-36(15-4-1)37-16-11-17-38(39-28-30-47-46-21-8-10-26-51(46)59-54(47)35-39)33-41(32-37)43-22-13-27-53-55(43)49-34-40(29-31-52(49)58-53)44-23-12-24-48-45-20-7-9-25-50(45)57(56(44)48)42-18-5-2-6-19-42/h1-10,12-15,18-35,38H,11,16-17H2. The number of benzene rings is 8. The van der Waals surface area contributed by atoms with Crippen LogP contribution in [0.3, 0.4) is 0 Å². The Labute approximate surface area is 341 Å². The van der Waals surface area contributed by atoms with Crippen LogP contribution in [0, 0.1) is 0 Å². The fourth-order valence-electron chi connectivity index (χ4n) is 9.74. The SMILES string of the molecule is C1=C(c2ccccc2)CCCC(c2ccc3c(c2)oc2ccccc23)C=C1c1cccc2oc3ccc(-c4cccc5c6ccccc6n(-c6ccccc6)c45)cc3c12. The molecule has 0 bridgehead atoms. The van der Waals surface area contributed by atoms with Crippen molar-refractivity contribution in [2.45, 2.75) is 25.2 Å². The molecule has 280 valence electrons. The predicted molar refractivity (Wildman–Crippen MR) is 246 cm³/mol. The minimum absolute atomic E-state index is 0.206. The minimum Gasteiger partial charge on any atom is -0.456 e. The third kappa shape index (κ3) is 5.57. The Kier molecular flexibility index (Phi) is 7.80. The van der Waals surface area contributed by atoms with Crippen molar-refractivity contribution in [3.05, 3.63) is 211 Å². The van der Waals surface area contributed by atoms with Gasteiger partial charge in [-0.2, -0.15) is 0 Å². The molecule has 0 radical (unpaired) electrons. The number of fused-ring (bicyclic) bond motifs is 9. The topological polar surface area (TPSA) is 31.2 Å². The first kappa shape index (κ1) is 33.7. The van der Waals surface area contributed by atoms with Gasteiger partial charge < -0.3 is 13.4 Å². The van der Waals surface area contributed by atoms with Crippen LogP contribution in [0.1, 0.15) is 41.9 Å². The van der Waals surface area contributed by atoms with E-state index in [2.05, 4.69) is 193 Å². The second-order valence-electron chi connectivity index (χ2n) is 15.9. The zero-order valence-electron chi connectivity index (χ0n) is 32.4. The third-order valence-electron chi connectivity index (χ3n) is 12.5. The summed E-state index contributed by atoms with van der Waals surface area (Å²) >= 11 is 0. The monoisotopic (exact) mass is 757 g/mol.